The Kier molecular flexibility index (Phi) is 5.27. The summed E-state index contributed by atoms with van der Waals surface area (Å²) in [5.74, 6) is 0.182. The summed E-state index contributed by atoms with van der Waals surface area (Å²) in [6, 6.07) is 14.5. The zero-order chi connectivity index (χ0) is 15.9. The molecule has 0 aliphatic rings. The van der Waals surface area contributed by atoms with Crippen molar-refractivity contribution in [3.05, 3.63) is 54.1 Å². The lowest BCUT2D eigenvalue weighted by atomic mass is 10.1. The zero-order valence-corrected chi connectivity index (χ0v) is 12.7. The number of ether oxygens (including phenoxy) is 2. The van der Waals surface area contributed by atoms with Crippen LogP contribution in [0.25, 0.3) is 22.6 Å². The van der Waals surface area contributed by atoms with Crippen LogP contribution in [0.1, 0.15) is 10.4 Å². The van der Waals surface area contributed by atoms with E-state index in [2.05, 4.69) is 14.5 Å². The van der Waals surface area contributed by atoms with Gasteiger partial charge >= 0.3 is 5.97 Å². The lowest BCUT2D eigenvalue weighted by Gasteiger charge is -1.99. The number of oxazole rings is 1. The van der Waals surface area contributed by atoms with Gasteiger partial charge in [-0.2, -0.15) is 0 Å². The average molecular weight is 299 g/mol. The topological polar surface area (TPSA) is 61.6 Å². The summed E-state index contributed by atoms with van der Waals surface area (Å²) in [7, 11) is 4.61. The van der Waals surface area contributed by atoms with Gasteiger partial charge in [0, 0.05) is 19.8 Å². The number of benzene rings is 2. The predicted octanol–water partition coefficient (Wildman–Crippen LogP) is 3.54. The number of rotatable bonds is 2. The summed E-state index contributed by atoms with van der Waals surface area (Å²) in [6.07, 6.45) is 0. The standard InChI is InChI=1S/C15H11NO3.C2H6O/c1-18-15(17)11-8-6-10(7-9-11)14-16-12-4-2-3-5-13(12)19-14;1-3-2/h2-9H,1H3;1-2H3. The van der Waals surface area contributed by atoms with Gasteiger partial charge in [-0.1, -0.05) is 12.1 Å². The van der Waals surface area contributed by atoms with Crippen molar-refractivity contribution in [1.29, 1.82) is 0 Å². The molecule has 5 nitrogen and oxygen atoms in total. The Morgan fingerprint density at radius 3 is 2.23 bits per heavy atom. The lowest BCUT2D eigenvalue weighted by Crippen LogP contribution is -2.00. The summed E-state index contributed by atoms with van der Waals surface area (Å²) in [4.78, 5) is 15.7. The number of methoxy groups -OCH3 is 2. The Morgan fingerprint density at radius 1 is 1.00 bits per heavy atom. The van der Waals surface area contributed by atoms with Gasteiger partial charge in [0.05, 0.1) is 12.7 Å². The molecule has 5 heteroatoms. The summed E-state index contributed by atoms with van der Waals surface area (Å²) in [6.45, 7) is 0. The van der Waals surface area contributed by atoms with E-state index in [1.807, 2.05) is 24.3 Å². The van der Waals surface area contributed by atoms with Crippen LogP contribution in [0.5, 0.6) is 0 Å². The van der Waals surface area contributed by atoms with Crippen LogP contribution in [0.15, 0.2) is 52.9 Å². The van der Waals surface area contributed by atoms with E-state index < -0.39 is 0 Å². The number of carbonyl (C=O) groups excluding carboxylic acids is 1. The van der Waals surface area contributed by atoms with Crippen molar-refractivity contribution in [2.45, 2.75) is 0 Å². The molecule has 0 spiro atoms. The molecule has 0 saturated carbocycles. The molecule has 114 valence electrons. The Bertz CT molecular complexity index is 714. The van der Waals surface area contributed by atoms with Crippen LogP contribution in [0.3, 0.4) is 0 Å². The van der Waals surface area contributed by atoms with Gasteiger partial charge in [-0.15, -0.1) is 0 Å². The number of esters is 1. The third-order valence-corrected chi connectivity index (χ3v) is 2.85. The van der Waals surface area contributed by atoms with E-state index in [-0.39, 0.29) is 5.97 Å². The van der Waals surface area contributed by atoms with Crippen LogP contribution < -0.4 is 0 Å². The highest BCUT2D eigenvalue weighted by molar-refractivity contribution is 5.89. The molecular formula is C17H17NO4. The van der Waals surface area contributed by atoms with Crippen molar-refractivity contribution in [3.63, 3.8) is 0 Å². The fourth-order valence-corrected chi connectivity index (χ4v) is 1.86. The Morgan fingerprint density at radius 2 is 1.64 bits per heavy atom. The molecule has 0 atom stereocenters. The van der Waals surface area contributed by atoms with Crippen molar-refractivity contribution < 1.29 is 18.7 Å². The fourth-order valence-electron chi connectivity index (χ4n) is 1.86. The maximum Gasteiger partial charge on any atom is 0.337 e. The first kappa shape index (κ1) is 15.7. The van der Waals surface area contributed by atoms with Gasteiger partial charge in [0.15, 0.2) is 5.58 Å². The molecule has 0 aliphatic heterocycles. The number of aromatic nitrogens is 1. The third kappa shape index (κ3) is 3.51. The minimum atomic E-state index is -0.357. The Labute approximate surface area is 128 Å². The monoisotopic (exact) mass is 299 g/mol. The summed E-state index contributed by atoms with van der Waals surface area (Å²) >= 11 is 0. The SMILES string of the molecule is COC.COC(=O)c1ccc(-c2nc3ccccc3o2)cc1. The van der Waals surface area contributed by atoms with Gasteiger partial charge in [0.1, 0.15) is 5.52 Å². The largest absolute Gasteiger partial charge is 0.465 e. The van der Waals surface area contributed by atoms with Crippen LogP contribution in [-0.4, -0.2) is 32.3 Å². The third-order valence-electron chi connectivity index (χ3n) is 2.85. The highest BCUT2D eigenvalue weighted by Crippen LogP contribution is 2.24. The Hall–Kier alpha value is -2.66. The maximum absolute atomic E-state index is 11.3. The maximum atomic E-state index is 11.3. The van der Waals surface area contributed by atoms with Gasteiger partial charge in [-0.3, -0.25) is 0 Å². The molecule has 1 aromatic heterocycles. The molecular weight excluding hydrogens is 282 g/mol. The van der Waals surface area contributed by atoms with Crippen molar-refractivity contribution in [2.24, 2.45) is 0 Å². The van der Waals surface area contributed by atoms with E-state index in [0.29, 0.717) is 11.5 Å². The highest BCUT2D eigenvalue weighted by atomic mass is 16.5. The minimum absolute atomic E-state index is 0.357. The van der Waals surface area contributed by atoms with Gasteiger partial charge in [0.25, 0.3) is 0 Å². The molecule has 22 heavy (non-hydrogen) atoms. The lowest BCUT2D eigenvalue weighted by molar-refractivity contribution is 0.0600. The smallest absolute Gasteiger partial charge is 0.337 e. The van der Waals surface area contributed by atoms with E-state index in [1.165, 1.54) is 7.11 Å². The summed E-state index contributed by atoms with van der Waals surface area (Å²) in [5, 5.41) is 0. The van der Waals surface area contributed by atoms with Gasteiger partial charge in [-0.05, 0) is 36.4 Å². The molecule has 0 unspecified atom stereocenters. The Balaban J connectivity index is 0.000000545. The fraction of sp³-hybridized carbons (Fsp3) is 0.176. The molecule has 0 radical (unpaired) electrons. The summed E-state index contributed by atoms with van der Waals surface area (Å²) < 4.78 is 14.6. The van der Waals surface area contributed by atoms with Gasteiger partial charge in [-0.25, -0.2) is 9.78 Å². The molecule has 0 saturated heterocycles. The van der Waals surface area contributed by atoms with Crippen LogP contribution in [0, 0.1) is 0 Å². The van der Waals surface area contributed by atoms with Crippen LogP contribution >= 0.6 is 0 Å². The van der Waals surface area contributed by atoms with Crippen molar-refractivity contribution in [2.75, 3.05) is 21.3 Å². The first-order chi connectivity index (χ1) is 10.7. The van der Waals surface area contributed by atoms with Gasteiger partial charge in [0.2, 0.25) is 5.89 Å². The quantitative estimate of drug-likeness (QED) is 0.677. The second-order valence-corrected chi connectivity index (χ2v) is 4.46. The first-order valence-corrected chi connectivity index (χ1v) is 6.64. The molecule has 0 N–H and O–H groups in total. The van der Waals surface area contributed by atoms with E-state index >= 15 is 0 Å². The van der Waals surface area contributed by atoms with Crippen LogP contribution in [-0.2, 0) is 9.47 Å². The van der Waals surface area contributed by atoms with E-state index in [0.717, 1.165) is 16.7 Å². The minimum Gasteiger partial charge on any atom is -0.465 e. The molecule has 2 aromatic carbocycles. The van der Waals surface area contributed by atoms with E-state index in [1.54, 1.807) is 38.5 Å². The second kappa shape index (κ2) is 7.38. The molecule has 0 amide bonds. The predicted molar refractivity (Wildman–Crippen MR) is 83.7 cm³/mol. The van der Waals surface area contributed by atoms with E-state index in [9.17, 15) is 4.79 Å². The molecule has 0 fully saturated rings. The molecule has 3 aromatic rings. The van der Waals surface area contributed by atoms with Crippen molar-refractivity contribution >= 4 is 17.1 Å². The van der Waals surface area contributed by atoms with Crippen molar-refractivity contribution in [3.8, 4) is 11.5 Å². The normalized spacial score (nSPS) is 9.95. The first-order valence-electron chi connectivity index (χ1n) is 6.64. The van der Waals surface area contributed by atoms with Gasteiger partial charge < -0.3 is 13.9 Å². The number of hydrogen-bond acceptors (Lipinski definition) is 5. The van der Waals surface area contributed by atoms with E-state index in [4.69, 9.17) is 4.42 Å². The second-order valence-electron chi connectivity index (χ2n) is 4.46. The van der Waals surface area contributed by atoms with Crippen LogP contribution in [0.2, 0.25) is 0 Å². The molecule has 0 aliphatic carbocycles. The number of carbonyl (C=O) groups is 1. The zero-order valence-electron chi connectivity index (χ0n) is 12.7. The molecule has 3 rings (SSSR count). The number of hydrogen-bond donors (Lipinski definition) is 0. The number of para-hydroxylation sites is 2. The summed E-state index contributed by atoms with van der Waals surface area (Å²) in [5.41, 5.74) is 2.88. The molecule has 1 heterocycles. The highest BCUT2D eigenvalue weighted by Gasteiger charge is 2.09. The van der Waals surface area contributed by atoms with Crippen molar-refractivity contribution in [1.82, 2.24) is 4.98 Å². The number of fused-ring (bicyclic) bond motifs is 1. The van der Waals surface area contributed by atoms with Crippen LogP contribution in [0.4, 0.5) is 0 Å². The average Bonchev–Trinajstić information content (AvgIpc) is 2.99. The molecule has 0 bridgehead atoms. The number of nitrogens with zero attached hydrogens (tertiary/aromatic N) is 1.